The van der Waals surface area contributed by atoms with Crippen LogP contribution in [0.25, 0.3) is 0 Å². The average molecular weight is 290 g/mol. The van der Waals surface area contributed by atoms with Gasteiger partial charge in [-0.1, -0.05) is 6.42 Å². The van der Waals surface area contributed by atoms with Gasteiger partial charge in [-0.2, -0.15) is 30.6 Å². The second-order valence-corrected chi connectivity index (χ2v) is 6.07. The minimum Gasteiger partial charge on any atom is -0.382 e. The van der Waals surface area contributed by atoms with Gasteiger partial charge in [0.15, 0.2) is 6.10 Å². The average Bonchev–Trinajstić information content (AvgIpc) is 2.25. The van der Waals surface area contributed by atoms with Crippen molar-refractivity contribution in [2.45, 2.75) is 44.5 Å². The molecular weight excluding hydrogens is 273 g/mol. The molecule has 0 aromatic rings. The Kier molecular flexibility index (Phi) is 4.98. The molecular formula is C9H17F3N2O3S. The molecule has 0 aliphatic carbocycles. The van der Waals surface area contributed by atoms with Gasteiger partial charge in [0.05, 0.1) is 0 Å². The van der Waals surface area contributed by atoms with Crippen molar-refractivity contribution in [1.29, 1.82) is 0 Å². The molecule has 5 nitrogen and oxygen atoms in total. The topological polar surface area (TPSA) is 69.6 Å². The Morgan fingerprint density at radius 3 is 2.56 bits per heavy atom. The van der Waals surface area contributed by atoms with Crippen molar-refractivity contribution in [2.75, 3.05) is 13.1 Å². The second-order valence-electron chi connectivity index (χ2n) is 4.37. The molecule has 0 amide bonds. The maximum absolute atomic E-state index is 12.0. The first-order valence-corrected chi connectivity index (χ1v) is 7.10. The van der Waals surface area contributed by atoms with E-state index in [2.05, 4.69) is 0 Å². The van der Waals surface area contributed by atoms with Crippen LogP contribution < -0.4 is 4.72 Å². The molecule has 1 aliphatic rings. The molecule has 1 heterocycles. The van der Waals surface area contributed by atoms with Gasteiger partial charge < -0.3 is 5.11 Å². The van der Waals surface area contributed by atoms with E-state index in [4.69, 9.17) is 5.11 Å². The Morgan fingerprint density at radius 1 is 1.44 bits per heavy atom. The Labute approximate surface area is 104 Å². The number of aliphatic hydroxyl groups excluding tert-OH is 1. The molecule has 0 radical (unpaired) electrons. The molecule has 0 aromatic heterocycles. The summed E-state index contributed by atoms with van der Waals surface area (Å²) in [5.41, 5.74) is 0. The van der Waals surface area contributed by atoms with Crippen LogP contribution in [0, 0.1) is 0 Å². The maximum Gasteiger partial charge on any atom is 0.415 e. The number of nitrogens with zero attached hydrogens (tertiary/aromatic N) is 1. The summed E-state index contributed by atoms with van der Waals surface area (Å²) in [5.74, 6) is 0. The number of hydrogen-bond donors (Lipinski definition) is 2. The number of piperidine rings is 1. The first kappa shape index (κ1) is 15.7. The molecule has 2 unspecified atom stereocenters. The van der Waals surface area contributed by atoms with E-state index in [1.54, 1.807) is 11.6 Å². The van der Waals surface area contributed by atoms with Crippen molar-refractivity contribution in [3.63, 3.8) is 0 Å². The van der Waals surface area contributed by atoms with Crippen LogP contribution in [0.3, 0.4) is 0 Å². The van der Waals surface area contributed by atoms with E-state index in [0.717, 1.165) is 10.7 Å². The Bertz CT molecular complexity index is 372. The summed E-state index contributed by atoms with van der Waals surface area (Å²) >= 11 is 0. The van der Waals surface area contributed by atoms with Crippen LogP contribution in [0.15, 0.2) is 0 Å². The molecule has 1 saturated heterocycles. The fraction of sp³-hybridized carbons (Fsp3) is 1.00. The number of aliphatic hydroxyl groups is 1. The summed E-state index contributed by atoms with van der Waals surface area (Å²) in [6.45, 7) is 0.937. The molecule has 1 aliphatic heterocycles. The highest BCUT2D eigenvalue weighted by Gasteiger charge is 2.39. The first-order valence-electron chi connectivity index (χ1n) is 5.66. The molecule has 9 heteroatoms. The summed E-state index contributed by atoms with van der Waals surface area (Å²) in [6, 6.07) is -0.237. The number of rotatable bonds is 4. The number of alkyl halides is 3. The molecule has 0 spiro atoms. The lowest BCUT2D eigenvalue weighted by Gasteiger charge is -2.32. The molecule has 0 bridgehead atoms. The minimum absolute atomic E-state index is 0.237. The highest BCUT2D eigenvalue weighted by Crippen LogP contribution is 2.21. The normalized spacial score (nSPS) is 25.1. The zero-order valence-corrected chi connectivity index (χ0v) is 10.8. The van der Waals surface area contributed by atoms with Gasteiger partial charge in [-0.3, -0.25) is 0 Å². The van der Waals surface area contributed by atoms with Crippen LogP contribution >= 0.6 is 0 Å². The quantitative estimate of drug-likeness (QED) is 0.797. The van der Waals surface area contributed by atoms with Crippen molar-refractivity contribution in [3.8, 4) is 0 Å². The number of nitrogens with one attached hydrogen (secondary N) is 1. The van der Waals surface area contributed by atoms with Gasteiger partial charge in [-0.25, -0.2) is 0 Å². The predicted octanol–water partition coefficient (Wildman–Crippen LogP) is 0.618. The van der Waals surface area contributed by atoms with Gasteiger partial charge >= 0.3 is 6.18 Å². The fourth-order valence-electron chi connectivity index (χ4n) is 1.81. The van der Waals surface area contributed by atoms with Crippen molar-refractivity contribution in [3.05, 3.63) is 0 Å². The third-order valence-electron chi connectivity index (χ3n) is 2.89. The largest absolute Gasteiger partial charge is 0.415 e. The summed E-state index contributed by atoms with van der Waals surface area (Å²) in [5, 5.41) is 8.74. The lowest BCUT2D eigenvalue weighted by molar-refractivity contribution is -0.200. The summed E-state index contributed by atoms with van der Waals surface area (Å²) in [7, 11) is -3.96. The van der Waals surface area contributed by atoms with Crippen molar-refractivity contribution in [1.82, 2.24) is 9.03 Å². The van der Waals surface area contributed by atoms with E-state index in [1.807, 2.05) is 0 Å². The minimum atomic E-state index is -4.82. The van der Waals surface area contributed by atoms with Crippen LogP contribution in [0.5, 0.6) is 0 Å². The van der Waals surface area contributed by atoms with Gasteiger partial charge in [0, 0.05) is 19.1 Å². The monoisotopic (exact) mass is 290 g/mol. The van der Waals surface area contributed by atoms with E-state index < -0.39 is 29.0 Å². The number of hydrogen-bond acceptors (Lipinski definition) is 3. The molecule has 1 rings (SSSR count). The van der Waals surface area contributed by atoms with Crippen LogP contribution in [-0.4, -0.2) is 49.2 Å². The van der Waals surface area contributed by atoms with Crippen LogP contribution in [0.2, 0.25) is 0 Å². The highest BCUT2D eigenvalue weighted by molar-refractivity contribution is 7.87. The molecule has 1 fully saturated rings. The smallest absolute Gasteiger partial charge is 0.382 e. The predicted molar refractivity (Wildman–Crippen MR) is 59.0 cm³/mol. The highest BCUT2D eigenvalue weighted by atomic mass is 32.2. The Balaban J connectivity index is 2.59. The third-order valence-corrected chi connectivity index (χ3v) is 4.58. The standard InChI is InChI=1S/C9H17F3N2O3S/c1-7-4-2-3-5-14(7)18(16,17)13-6-8(15)9(10,11)12/h7-8,13,15H,2-6H2,1H3. The van der Waals surface area contributed by atoms with E-state index in [1.165, 1.54) is 0 Å². The lowest BCUT2D eigenvalue weighted by atomic mass is 10.1. The molecule has 0 saturated carbocycles. The third kappa shape index (κ3) is 4.08. The van der Waals surface area contributed by atoms with Crippen LogP contribution in [0.1, 0.15) is 26.2 Å². The van der Waals surface area contributed by atoms with Crippen molar-refractivity contribution >= 4 is 10.2 Å². The van der Waals surface area contributed by atoms with Crippen molar-refractivity contribution in [2.24, 2.45) is 0 Å². The zero-order valence-electron chi connectivity index (χ0n) is 9.94. The summed E-state index contributed by atoms with van der Waals surface area (Å²) in [4.78, 5) is 0. The SMILES string of the molecule is CC1CCCCN1S(=O)(=O)NCC(O)C(F)(F)F. The molecule has 2 N–H and O–H groups in total. The Hall–Kier alpha value is -0.380. The summed E-state index contributed by atoms with van der Waals surface area (Å²) in [6.07, 6.45) is -5.24. The molecule has 18 heavy (non-hydrogen) atoms. The lowest BCUT2D eigenvalue weighted by Crippen LogP contribution is -2.50. The first-order chi connectivity index (χ1) is 8.14. The van der Waals surface area contributed by atoms with Crippen molar-refractivity contribution < 1.29 is 26.7 Å². The van der Waals surface area contributed by atoms with E-state index in [9.17, 15) is 21.6 Å². The van der Waals surface area contributed by atoms with Crippen LogP contribution in [0.4, 0.5) is 13.2 Å². The molecule has 108 valence electrons. The second kappa shape index (κ2) is 5.72. The van der Waals surface area contributed by atoms with E-state index in [0.29, 0.717) is 19.4 Å². The summed E-state index contributed by atoms with van der Waals surface area (Å²) < 4.78 is 62.6. The maximum atomic E-state index is 12.0. The zero-order chi connectivity index (χ0) is 14.0. The van der Waals surface area contributed by atoms with Gasteiger partial charge in [-0.05, 0) is 19.8 Å². The number of halogens is 3. The van der Waals surface area contributed by atoms with E-state index in [-0.39, 0.29) is 6.04 Å². The van der Waals surface area contributed by atoms with Gasteiger partial charge in [0.25, 0.3) is 10.2 Å². The van der Waals surface area contributed by atoms with E-state index >= 15 is 0 Å². The molecule has 0 aromatic carbocycles. The van der Waals surface area contributed by atoms with Crippen LogP contribution in [-0.2, 0) is 10.2 Å². The molecule has 2 atom stereocenters. The fourth-order valence-corrected chi connectivity index (χ4v) is 3.29. The van der Waals surface area contributed by atoms with Gasteiger partial charge in [0.2, 0.25) is 0 Å². The van der Waals surface area contributed by atoms with Gasteiger partial charge in [-0.15, -0.1) is 0 Å². The van der Waals surface area contributed by atoms with Gasteiger partial charge in [0.1, 0.15) is 0 Å². The Morgan fingerprint density at radius 2 is 2.06 bits per heavy atom.